The predicted octanol–water partition coefficient (Wildman–Crippen LogP) is 4.20. The Kier molecular flexibility index (Phi) is 5.22. The quantitative estimate of drug-likeness (QED) is 0.908. The van der Waals surface area contributed by atoms with Crippen molar-refractivity contribution >= 4 is 11.7 Å². The van der Waals surface area contributed by atoms with Crippen molar-refractivity contribution in [2.75, 3.05) is 18.4 Å². The second-order valence-corrected chi connectivity index (χ2v) is 6.82. The smallest absolute Gasteiger partial charge is 0.321 e. The first-order valence-electron chi connectivity index (χ1n) is 8.76. The molecular weight excluding hydrogens is 314 g/mol. The highest BCUT2D eigenvalue weighted by Gasteiger charge is 2.28. The van der Waals surface area contributed by atoms with E-state index in [0.717, 1.165) is 23.4 Å². The van der Waals surface area contributed by atoms with Crippen LogP contribution in [-0.2, 0) is 0 Å². The van der Waals surface area contributed by atoms with Gasteiger partial charge in [-0.3, -0.25) is 4.98 Å². The largest absolute Gasteiger partial charge is 0.488 e. The lowest BCUT2D eigenvalue weighted by atomic mass is 10.0. The molecule has 1 aromatic carbocycles. The Morgan fingerprint density at radius 1 is 1.28 bits per heavy atom. The van der Waals surface area contributed by atoms with Gasteiger partial charge in [0.1, 0.15) is 11.9 Å². The van der Waals surface area contributed by atoms with Crippen molar-refractivity contribution in [1.82, 2.24) is 9.88 Å². The summed E-state index contributed by atoms with van der Waals surface area (Å²) in [6.45, 7) is 7.61. The summed E-state index contributed by atoms with van der Waals surface area (Å²) in [6, 6.07) is 9.85. The van der Waals surface area contributed by atoms with Crippen LogP contribution < -0.4 is 10.1 Å². The van der Waals surface area contributed by atoms with Gasteiger partial charge in [-0.2, -0.15) is 0 Å². The van der Waals surface area contributed by atoms with Crippen LogP contribution in [0.5, 0.6) is 5.75 Å². The topological polar surface area (TPSA) is 54.5 Å². The fourth-order valence-corrected chi connectivity index (χ4v) is 2.95. The molecule has 1 aliphatic rings. The standard InChI is InChI=1S/C20H25N3O2/c1-14(2)16-5-4-15(3)19(12-16)22-20(24)23-11-8-18(13-23)25-17-6-9-21-10-7-17/h4-7,9-10,12,14,18H,8,11,13H2,1-3H3,(H,22,24)/t18-/m1/s1. The lowest BCUT2D eigenvalue weighted by Gasteiger charge is -2.19. The molecule has 25 heavy (non-hydrogen) atoms. The monoisotopic (exact) mass is 339 g/mol. The van der Waals surface area contributed by atoms with Gasteiger partial charge in [-0.25, -0.2) is 4.79 Å². The van der Waals surface area contributed by atoms with E-state index >= 15 is 0 Å². The van der Waals surface area contributed by atoms with Crippen molar-refractivity contribution in [3.05, 3.63) is 53.9 Å². The van der Waals surface area contributed by atoms with E-state index in [1.54, 1.807) is 12.4 Å². The molecule has 0 aliphatic carbocycles. The summed E-state index contributed by atoms with van der Waals surface area (Å²) < 4.78 is 5.92. The Balaban J connectivity index is 1.60. The average Bonchev–Trinajstić information content (AvgIpc) is 3.06. The third-order valence-electron chi connectivity index (χ3n) is 4.55. The summed E-state index contributed by atoms with van der Waals surface area (Å²) in [4.78, 5) is 18.4. The molecule has 1 N–H and O–H groups in total. The number of benzene rings is 1. The maximum absolute atomic E-state index is 12.6. The van der Waals surface area contributed by atoms with E-state index in [9.17, 15) is 4.79 Å². The summed E-state index contributed by atoms with van der Waals surface area (Å²) in [5, 5.41) is 3.05. The molecule has 2 amide bonds. The van der Waals surface area contributed by atoms with Gasteiger partial charge in [-0.1, -0.05) is 26.0 Å². The Morgan fingerprint density at radius 2 is 2.04 bits per heavy atom. The number of ether oxygens (including phenoxy) is 1. The SMILES string of the molecule is Cc1ccc(C(C)C)cc1NC(=O)N1CC[C@@H](Oc2ccncc2)C1. The maximum Gasteiger partial charge on any atom is 0.321 e. The molecular formula is C20H25N3O2. The summed E-state index contributed by atoms with van der Waals surface area (Å²) >= 11 is 0. The maximum atomic E-state index is 12.6. The fourth-order valence-electron chi connectivity index (χ4n) is 2.95. The number of nitrogens with one attached hydrogen (secondary N) is 1. The van der Waals surface area contributed by atoms with Gasteiger partial charge in [-0.15, -0.1) is 0 Å². The van der Waals surface area contributed by atoms with Gasteiger partial charge in [0.05, 0.1) is 6.54 Å². The Morgan fingerprint density at radius 3 is 2.76 bits per heavy atom. The zero-order chi connectivity index (χ0) is 17.8. The second kappa shape index (κ2) is 7.55. The zero-order valence-electron chi connectivity index (χ0n) is 15.0. The van der Waals surface area contributed by atoms with E-state index < -0.39 is 0 Å². The Labute approximate surface area is 149 Å². The van der Waals surface area contributed by atoms with Crippen LogP contribution in [0.25, 0.3) is 0 Å². The molecule has 1 aliphatic heterocycles. The molecule has 2 heterocycles. The number of likely N-dealkylation sites (tertiary alicyclic amines) is 1. The van der Waals surface area contributed by atoms with Crippen LogP contribution in [0.15, 0.2) is 42.7 Å². The third kappa shape index (κ3) is 4.29. The van der Waals surface area contributed by atoms with Crippen LogP contribution in [0.2, 0.25) is 0 Å². The molecule has 3 rings (SSSR count). The van der Waals surface area contributed by atoms with Crippen LogP contribution in [0.3, 0.4) is 0 Å². The number of pyridine rings is 1. The minimum Gasteiger partial charge on any atom is -0.488 e. The van der Waals surface area contributed by atoms with Crippen LogP contribution >= 0.6 is 0 Å². The van der Waals surface area contributed by atoms with Crippen LogP contribution in [-0.4, -0.2) is 35.1 Å². The van der Waals surface area contributed by atoms with Gasteiger partial charge >= 0.3 is 6.03 Å². The molecule has 0 saturated carbocycles. The number of aromatic nitrogens is 1. The first-order chi connectivity index (χ1) is 12.0. The van der Waals surface area contributed by atoms with Crippen molar-refractivity contribution in [2.45, 2.75) is 39.2 Å². The van der Waals surface area contributed by atoms with E-state index in [0.29, 0.717) is 19.0 Å². The van der Waals surface area contributed by atoms with E-state index in [4.69, 9.17) is 4.74 Å². The molecule has 5 heteroatoms. The summed E-state index contributed by atoms with van der Waals surface area (Å²) in [6.07, 6.45) is 4.27. The van der Waals surface area contributed by atoms with Crippen LogP contribution in [0.4, 0.5) is 10.5 Å². The van der Waals surface area contributed by atoms with E-state index in [1.165, 1.54) is 5.56 Å². The highest BCUT2D eigenvalue weighted by atomic mass is 16.5. The lowest BCUT2D eigenvalue weighted by molar-refractivity contribution is 0.194. The molecule has 1 aromatic heterocycles. The predicted molar refractivity (Wildman–Crippen MR) is 99.1 cm³/mol. The molecule has 132 valence electrons. The first kappa shape index (κ1) is 17.3. The number of hydrogen-bond acceptors (Lipinski definition) is 3. The fraction of sp³-hybridized carbons (Fsp3) is 0.400. The zero-order valence-corrected chi connectivity index (χ0v) is 15.0. The van der Waals surface area contributed by atoms with Gasteiger partial charge in [0.25, 0.3) is 0 Å². The van der Waals surface area contributed by atoms with E-state index in [-0.39, 0.29) is 12.1 Å². The summed E-state index contributed by atoms with van der Waals surface area (Å²) in [5.41, 5.74) is 3.18. The van der Waals surface area contributed by atoms with Gasteiger partial charge in [0.2, 0.25) is 0 Å². The molecule has 1 saturated heterocycles. The van der Waals surface area contributed by atoms with Gasteiger partial charge in [0, 0.05) is 31.0 Å². The summed E-state index contributed by atoms with van der Waals surface area (Å²) in [5.74, 6) is 1.23. The Bertz CT molecular complexity index is 731. The molecule has 1 fully saturated rings. The number of nitrogens with zero attached hydrogens (tertiary/aromatic N) is 2. The number of rotatable bonds is 4. The number of carbonyl (C=O) groups is 1. The van der Waals surface area contributed by atoms with Gasteiger partial charge in [0.15, 0.2) is 0 Å². The minimum absolute atomic E-state index is 0.0243. The van der Waals surface area contributed by atoms with Gasteiger partial charge in [-0.05, 0) is 42.2 Å². The average molecular weight is 339 g/mol. The number of aryl methyl sites for hydroxylation is 1. The third-order valence-corrected chi connectivity index (χ3v) is 4.55. The number of hydrogen-bond donors (Lipinski definition) is 1. The van der Waals surface area contributed by atoms with E-state index in [2.05, 4.69) is 42.3 Å². The number of anilines is 1. The van der Waals surface area contributed by atoms with Gasteiger partial charge < -0.3 is 15.0 Å². The molecule has 1 atom stereocenters. The second-order valence-electron chi connectivity index (χ2n) is 6.82. The van der Waals surface area contributed by atoms with Crippen molar-refractivity contribution in [3.63, 3.8) is 0 Å². The molecule has 0 spiro atoms. The molecule has 5 nitrogen and oxygen atoms in total. The molecule has 0 unspecified atom stereocenters. The van der Waals surface area contributed by atoms with Crippen LogP contribution in [0, 0.1) is 6.92 Å². The molecule has 2 aromatic rings. The number of amides is 2. The lowest BCUT2D eigenvalue weighted by Crippen LogP contribution is -2.34. The number of carbonyl (C=O) groups excluding carboxylic acids is 1. The van der Waals surface area contributed by atoms with Crippen molar-refractivity contribution in [2.24, 2.45) is 0 Å². The van der Waals surface area contributed by atoms with Crippen LogP contribution in [0.1, 0.15) is 37.3 Å². The van der Waals surface area contributed by atoms with Crippen molar-refractivity contribution < 1.29 is 9.53 Å². The highest BCUT2D eigenvalue weighted by molar-refractivity contribution is 5.90. The molecule has 0 radical (unpaired) electrons. The Hall–Kier alpha value is -2.56. The minimum atomic E-state index is -0.0650. The van der Waals surface area contributed by atoms with E-state index in [1.807, 2.05) is 24.0 Å². The summed E-state index contributed by atoms with van der Waals surface area (Å²) in [7, 11) is 0. The first-order valence-corrected chi connectivity index (χ1v) is 8.76. The normalized spacial score (nSPS) is 17.0. The van der Waals surface area contributed by atoms with Crippen molar-refractivity contribution in [3.8, 4) is 5.75 Å². The van der Waals surface area contributed by atoms with Crippen molar-refractivity contribution in [1.29, 1.82) is 0 Å². The number of urea groups is 1. The highest BCUT2D eigenvalue weighted by Crippen LogP contribution is 2.24. The molecule has 0 bridgehead atoms.